The van der Waals surface area contributed by atoms with Crippen LogP contribution in [0.3, 0.4) is 0 Å². The highest BCUT2D eigenvalue weighted by Gasteiger charge is 2.24. The predicted octanol–water partition coefficient (Wildman–Crippen LogP) is 2.06. The lowest BCUT2D eigenvalue weighted by Gasteiger charge is -2.19. The molecule has 0 radical (unpaired) electrons. The maximum atomic E-state index is 12.2. The summed E-state index contributed by atoms with van der Waals surface area (Å²) in [5, 5.41) is 9.99. The van der Waals surface area contributed by atoms with Crippen molar-refractivity contribution in [2.45, 2.75) is 12.5 Å². The number of amides is 2. The standard InChI is InChI=1S/C18H19N7O/c26-18(22-14-7-10-24(12-14)16-5-2-1-3-6-16)23-15-11-21-25(13-15)17-19-8-4-9-20-17/h1-6,8-9,11,13-14H,7,10,12H2,(H2,22,23,26)/t14-/m0/s1. The Morgan fingerprint density at radius 2 is 1.92 bits per heavy atom. The Kier molecular flexibility index (Phi) is 4.46. The lowest BCUT2D eigenvalue weighted by molar-refractivity contribution is 0.249. The number of hydrogen-bond donors (Lipinski definition) is 2. The normalized spacial score (nSPS) is 16.5. The summed E-state index contributed by atoms with van der Waals surface area (Å²) in [4.78, 5) is 22.8. The smallest absolute Gasteiger partial charge is 0.319 e. The SMILES string of the molecule is O=C(Nc1cnn(-c2ncccn2)c1)N[C@H]1CCN(c2ccccc2)C1. The first-order valence-corrected chi connectivity index (χ1v) is 8.47. The van der Waals surface area contributed by atoms with Crippen LogP contribution in [-0.2, 0) is 0 Å². The molecule has 0 spiro atoms. The highest BCUT2D eigenvalue weighted by Crippen LogP contribution is 2.19. The third kappa shape index (κ3) is 3.64. The number of nitrogens with zero attached hydrogens (tertiary/aromatic N) is 5. The van der Waals surface area contributed by atoms with Crippen molar-refractivity contribution in [2.75, 3.05) is 23.3 Å². The second-order valence-electron chi connectivity index (χ2n) is 6.09. The number of nitrogens with one attached hydrogen (secondary N) is 2. The number of aromatic nitrogens is 4. The van der Waals surface area contributed by atoms with Gasteiger partial charge in [0, 0.05) is 37.2 Å². The minimum absolute atomic E-state index is 0.114. The largest absolute Gasteiger partial charge is 0.369 e. The van der Waals surface area contributed by atoms with E-state index in [0.29, 0.717) is 11.6 Å². The zero-order valence-corrected chi connectivity index (χ0v) is 14.1. The second kappa shape index (κ2) is 7.22. The van der Waals surface area contributed by atoms with E-state index < -0.39 is 0 Å². The van der Waals surface area contributed by atoms with E-state index in [9.17, 15) is 4.79 Å². The fourth-order valence-electron chi connectivity index (χ4n) is 3.01. The first-order chi connectivity index (χ1) is 12.8. The molecule has 0 aliphatic carbocycles. The van der Waals surface area contributed by atoms with Crippen molar-refractivity contribution in [3.05, 3.63) is 61.2 Å². The molecular formula is C18H19N7O. The third-order valence-electron chi connectivity index (χ3n) is 4.24. The topological polar surface area (TPSA) is 88.0 Å². The molecule has 2 amide bonds. The summed E-state index contributed by atoms with van der Waals surface area (Å²) in [6, 6.07) is 11.8. The lowest BCUT2D eigenvalue weighted by atomic mass is 10.3. The molecule has 4 rings (SSSR count). The number of para-hydroxylation sites is 1. The molecule has 132 valence electrons. The van der Waals surface area contributed by atoms with Crippen molar-refractivity contribution < 1.29 is 4.79 Å². The zero-order valence-electron chi connectivity index (χ0n) is 14.1. The molecule has 8 heteroatoms. The van der Waals surface area contributed by atoms with Crippen molar-refractivity contribution in [1.82, 2.24) is 25.1 Å². The fraction of sp³-hybridized carbons (Fsp3) is 0.222. The summed E-state index contributed by atoms with van der Waals surface area (Å²) in [5.41, 5.74) is 1.77. The van der Waals surface area contributed by atoms with Gasteiger partial charge in [-0.2, -0.15) is 5.10 Å². The maximum Gasteiger partial charge on any atom is 0.319 e. The first-order valence-electron chi connectivity index (χ1n) is 8.47. The highest BCUT2D eigenvalue weighted by atomic mass is 16.2. The van der Waals surface area contributed by atoms with Gasteiger partial charge in [-0.25, -0.2) is 19.4 Å². The Bertz CT molecular complexity index is 866. The fourth-order valence-corrected chi connectivity index (χ4v) is 3.01. The van der Waals surface area contributed by atoms with Crippen LogP contribution in [-0.4, -0.2) is 44.9 Å². The summed E-state index contributed by atoms with van der Waals surface area (Å²) in [7, 11) is 0. The first kappa shape index (κ1) is 16.1. The summed E-state index contributed by atoms with van der Waals surface area (Å²) in [6.45, 7) is 1.73. The molecular weight excluding hydrogens is 330 g/mol. The van der Waals surface area contributed by atoms with Gasteiger partial charge in [-0.05, 0) is 24.6 Å². The molecule has 1 saturated heterocycles. The van der Waals surface area contributed by atoms with Crippen molar-refractivity contribution in [3.8, 4) is 5.95 Å². The molecule has 3 heterocycles. The van der Waals surface area contributed by atoms with Crippen molar-refractivity contribution in [3.63, 3.8) is 0 Å². The zero-order chi connectivity index (χ0) is 17.8. The van der Waals surface area contributed by atoms with Crippen molar-refractivity contribution in [2.24, 2.45) is 0 Å². The second-order valence-corrected chi connectivity index (χ2v) is 6.09. The van der Waals surface area contributed by atoms with Gasteiger partial charge in [-0.1, -0.05) is 18.2 Å². The maximum absolute atomic E-state index is 12.2. The van der Waals surface area contributed by atoms with Crippen LogP contribution < -0.4 is 15.5 Å². The van der Waals surface area contributed by atoms with E-state index in [0.717, 1.165) is 19.5 Å². The summed E-state index contributed by atoms with van der Waals surface area (Å²) in [6.07, 6.45) is 7.45. The number of rotatable bonds is 4. The minimum Gasteiger partial charge on any atom is -0.369 e. The molecule has 1 aromatic carbocycles. The van der Waals surface area contributed by atoms with Gasteiger partial charge in [-0.15, -0.1) is 0 Å². The van der Waals surface area contributed by atoms with E-state index in [2.05, 4.69) is 42.7 Å². The monoisotopic (exact) mass is 349 g/mol. The van der Waals surface area contributed by atoms with Crippen LogP contribution in [0.4, 0.5) is 16.2 Å². The number of urea groups is 1. The molecule has 0 bridgehead atoms. The van der Waals surface area contributed by atoms with E-state index in [1.54, 1.807) is 30.9 Å². The van der Waals surface area contributed by atoms with E-state index in [1.165, 1.54) is 10.4 Å². The molecule has 1 aliphatic rings. The van der Waals surface area contributed by atoms with E-state index >= 15 is 0 Å². The van der Waals surface area contributed by atoms with Crippen LogP contribution in [0.1, 0.15) is 6.42 Å². The molecule has 0 saturated carbocycles. The molecule has 1 atom stereocenters. The van der Waals surface area contributed by atoms with Gasteiger partial charge in [0.1, 0.15) is 0 Å². The number of anilines is 2. The molecule has 2 aromatic heterocycles. The molecule has 8 nitrogen and oxygen atoms in total. The molecule has 2 N–H and O–H groups in total. The Labute approximate surface area is 150 Å². The Hall–Kier alpha value is -3.42. The van der Waals surface area contributed by atoms with Crippen LogP contribution in [0.5, 0.6) is 0 Å². The predicted molar refractivity (Wildman–Crippen MR) is 98.4 cm³/mol. The van der Waals surface area contributed by atoms with E-state index in [-0.39, 0.29) is 12.1 Å². The van der Waals surface area contributed by atoms with Gasteiger partial charge in [-0.3, -0.25) is 0 Å². The summed E-state index contributed by atoms with van der Waals surface area (Å²) in [5.74, 6) is 0.454. The van der Waals surface area contributed by atoms with E-state index in [1.807, 2.05) is 18.2 Å². The van der Waals surface area contributed by atoms with Gasteiger partial charge in [0.2, 0.25) is 5.95 Å². The van der Waals surface area contributed by atoms with Crippen LogP contribution in [0, 0.1) is 0 Å². The molecule has 26 heavy (non-hydrogen) atoms. The third-order valence-corrected chi connectivity index (χ3v) is 4.24. The number of carbonyl (C=O) groups is 1. The van der Waals surface area contributed by atoms with Crippen LogP contribution >= 0.6 is 0 Å². The van der Waals surface area contributed by atoms with Crippen molar-refractivity contribution >= 4 is 17.4 Å². The summed E-state index contributed by atoms with van der Waals surface area (Å²) < 4.78 is 1.52. The van der Waals surface area contributed by atoms with Gasteiger partial charge in [0.05, 0.1) is 18.1 Å². The average Bonchev–Trinajstić information content (AvgIpc) is 3.33. The molecule has 1 fully saturated rings. The van der Waals surface area contributed by atoms with Crippen LogP contribution in [0.25, 0.3) is 5.95 Å². The van der Waals surface area contributed by atoms with Gasteiger partial charge >= 0.3 is 6.03 Å². The molecule has 0 unspecified atom stereocenters. The Balaban J connectivity index is 1.32. The number of carbonyl (C=O) groups excluding carboxylic acids is 1. The van der Waals surface area contributed by atoms with Gasteiger partial charge in [0.25, 0.3) is 0 Å². The van der Waals surface area contributed by atoms with E-state index in [4.69, 9.17) is 0 Å². The molecule has 1 aliphatic heterocycles. The van der Waals surface area contributed by atoms with Gasteiger partial charge in [0.15, 0.2) is 0 Å². The average molecular weight is 349 g/mol. The Morgan fingerprint density at radius 3 is 2.73 bits per heavy atom. The van der Waals surface area contributed by atoms with Crippen LogP contribution in [0.15, 0.2) is 61.2 Å². The number of hydrogen-bond acceptors (Lipinski definition) is 5. The summed E-state index contributed by atoms with van der Waals surface area (Å²) >= 11 is 0. The van der Waals surface area contributed by atoms with Crippen LogP contribution in [0.2, 0.25) is 0 Å². The van der Waals surface area contributed by atoms with Gasteiger partial charge < -0.3 is 15.5 Å². The molecule has 3 aromatic rings. The van der Waals surface area contributed by atoms with Crippen molar-refractivity contribution in [1.29, 1.82) is 0 Å². The lowest BCUT2D eigenvalue weighted by Crippen LogP contribution is -2.39. The Morgan fingerprint density at radius 1 is 1.12 bits per heavy atom. The minimum atomic E-state index is -0.238. The quantitative estimate of drug-likeness (QED) is 0.753. The number of benzene rings is 1. The highest BCUT2D eigenvalue weighted by molar-refractivity contribution is 5.89.